The van der Waals surface area contributed by atoms with Gasteiger partial charge in [-0.1, -0.05) is 18.2 Å². The SMILES string of the molecule is CC(N)CCC(=O)N1CCc2[nH]c3ccccc3c2C1. The number of carbonyl (C=O) groups excluding carboxylic acids is 1. The summed E-state index contributed by atoms with van der Waals surface area (Å²) in [6, 6.07) is 8.40. The summed E-state index contributed by atoms with van der Waals surface area (Å²) in [6.07, 6.45) is 2.22. The number of nitrogens with zero attached hydrogens (tertiary/aromatic N) is 1. The molecule has 2 aromatic rings. The van der Waals surface area contributed by atoms with E-state index in [0.717, 1.165) is 25.9 Å². The van der Waals surface area contributed by atoms with Gasteiger partial charge in [0.25, 0.3) is 0 Å². The first-order valence-corrected chi connectivity index (χ1v) is 7.27. The van der Waals surface area contributed by atoms with Crippen LogP contribution in [0.2, 0.25) is 0 Å². The minimum Gasteiger partial charge on any atom is -0.358 e. The Hall–Kier alpha value is -1.81. The van der Waals surface area contributed by atoms with Crippen LogP contribution in [0, 0.1) is 0 Å². The van der Waals surface area contributed by atoms with Crippen LogP contribution in [0.1, 0.15) is 31.0 Å². The van der Waals surface area contributed by atoms with Gasteiger partial charge in [0, 0.05) is 54.1 Å². The number of amides is 1. The van der Waals surface area contributed by atoms with E-state index in [1.54, 1.807) is 0 Å². The monoisotopic (exact) mass is 271 g/mol. The molecule has 0 bridgehead atoms. The predicted molar refractivity (Wildman–Crippen MR) is 80.3 cm³/mol. The molecule has 1 unspecified atom stereocenters. The fourth-order valence-electron chi connectivity index (χ4n) is 2.89. The van der Waals surface area contributed by atoms with E-state index in [1.807, 2.05) is 24.0 Å². The molecule has 3 rings (SSSR count). The molecule has 0 aliphatic carbocycles. The number of nitrogens with two attached hydrogens (primary N) is 1. The van der Waals surface area contributed by atoms with Crippen molar-refractivity contribution in [3.8, 4) is 0 Å². The van der Waals surface area contributed by atoms with Crippen molar-refractivity contribution in [3.05, 3.63) is 35.5 Å². The molecule has 3 N–H and O–H groups in total. The minimum atomic E-state index is 0.0902. The summed E-state index contributed by atoms with van der Waals surface area (Å²) in [7, 11) is 0. The molecule has 0 spiro atoms. The van der Waals surface area contributed by atoms with Gasteiger partial charge in [-0.3, -0.25) is 4.79 Å². The lowest BCUT2D eigenvalue weighted by Crippen LogP contribution is -2.36. The Morgan fingerprint density at radius 1 is 1.45 bits per heavy atom. The second-order valence-electron chi connectivity index (χ2n) is 5.71. The van der Waals surface area contributed by atoms with Crippen LogP contribution in [0.4, 0.5) is 0 Å². The molecule has 1 amide bonds. The Morgan fingerprint density at radius 3 is 3.05 bits per heavy atom. The van der Waals surface area contributed by atoms with Gasteiger partial charge in [-0.25, -0.2) is 0 Å². The van der Waals surface area contributed by atoms with Crippen molar-refractivity contribution in [2.45, 2.75) is 38.8 Å². The number of aromatic amines is 1. The highest BCUT2D eigenvalue weighted by Crippen LogP contribution is 2.27. The molecule has 1 aromatic heterocycles. The molecule has 0 radical (unpaired) electrons. The van der Waals surface area contributed by atoms with Crippen LogP contribution in [0.3, 0.4) is 0 Å². The zero-order chi connectivity index (χ0) is 14.1. The van der Waals surface area contributed by atoms with Crippen LogP contribution >= 0.6 is 0 Å². The second-order valence-corrected chi connectivity index (χ2v) is 5.71. The number of hydrogen-bond donors (Lipinski definition) is 2. The van der Waals surface area contributed by atoms with Crippen molar-refractivity contribution >= 4 is 16.8 Å². The summed E-state index contributed by atoms with van der Waals surface area (Å²) in [4.78, 5) is 17.7. The Balaban J connectivity index is 1.79. The highest BCUT2D eigenvalue weighted by molar-refractivity contribution is 5.86. The van der Waals surface area contributed by atoms with Gasteiger partial charge in [0.1, 0.15) is 0 Å². The number of para-hydroxylation sites is 1. The topological polar surface area (TPSA) is 62.1 Å². The molecule has 1 atom stereocenters. The number of rotatable bonds is 3. The van der Waals surface area contributed by atoms with Gasteiger partial charge in [0.2, 0.25) is 5.91 Å². The fraction of sp³-hybridized carbons (Fsp3) is 0.438. The number of benzene rings is 1. The van der Waals surface area contributed by atoms with Gasteiger partial charge in [-0.2, -0.15) is 0 Å². The third kappa shape index (κ3) is 2.43. The van der Waals surface area contributed by atoms with Crippen molar-refractivity contribution in [1.82, 2.24) is 9.88 Å². The molecule has 1 aliphatic rings. The Bertz CT molecular complexity index is 630. The quantitative estimate of drug-likeness (QED) is 0.898. The van der Waals surface area contributed by atoms with Gasteiger partial charge < -0.3 is 15.6 Å². The minimum absolute atomic E-state index is 0.0902. The molecule has 4 heteroatoms. The number of aromatic nitrogens is 1. The lowest BCUT2D eigenvalue weighted by Gasteiger charge is -2.27. The zero-order valence-corrected chi connectivity index (χ0v) is 11.9. The van der Waals surface area contributed by atoms with E-state index in [1.165, 1.54) is 22.2 Å². The van der Waals surface area contributed by atoms with E-state index >= 15 is 0 Å². The van der Waals surface area contributed by atoms with Crippen LogP contribution in [-0.4, -0.2) is 28.4 Å². The molecule has 0 saturated heterocycles. The Morgan fingerprint density at radius 2 is 2.25 bits per heavy atom. The molecule has 20 heavy (non-hydrogen) atoms. The molecular weight excluding hydrogens is 250 g/mol. The van der Waals surface area contributed by atoms with Crippen LogP contribution in [0.15, 0.2) is 24.3 Å². The van der Waals surface area contributed by atoms with Gasteiger partial charge in [-0.05, 0) is 19.4 Å². The van der Waals surface area contributed by atoms with Crippen molar-refractivity contribution in [2.75, 3.05) is 6.54 Å². The molecule has 0 saturated carbocycles. The van der Waals surface area contributed by atoms with Gasteiger partial charge in [-0.15, -0.1) is 0 Å². The third-order valence-corrected chi connectivity index (χ3v) is 4.05. The molecule has 1 aliphatic heterocycles. The van der Waals surface area contributed by atoms with Crippen LogP contribution in [0.25, 0.3) is 10.9 Å². The smallest absolute Gasteiger partial charge is 0.222 e. The van der Waals surface area contributed by atoms with E-state index in [-0.39, 0.29) is 11.9 Å². The maximum atomic E-state index is 12.2. The summed E-state index contributed by atoms with van der Waals surface area (Å²) < 4.78 is 0. The fourth-order valence-corrected chi connectivity index (χ4v) is 2.89. The summed E-state index contributed by atoms with van der Waals surface area (Å²) >= 11 is 0. The summed E-state index contributed by atoms with van der Waals surface area (Å²) in [5, 5.41) is 1.24. The number of hydrogen-bond acceptors (Lipinski definition) is 2. The van der Waals surface area contributed by atoms with E-state index in [2.05, 4.69) is 17.1 Å². The van der Waals surface area contributed by atoms with Gasteiger partial charge in [0.15, 0.2) is 0 Å². The molecule has 106 valence electrons. The van der Waals surface area contributed by atoms with E-state index in [4.69, 9.17) is 5.73 Å². The lowest BCUT2D eigenvalue weighted by atomic mass is 10.0. The van der Waals surface area contributed by atoms with Gasteiger partial charge in [0.05, 0.1) is 0 Å². The third-order valence-electron chi connectivity index (χ3n) is 4.05. The van der Waals surface area contributed by atoms with Crippen LogP contribution < -0.4 is 5.73 Å². The number of H-pyrrole nitrogens is 1. The number of nitrogens with one attached hydrogen (secondary N) is 1. The van der Waals surface area contributed by atoms with Crippen molar-refractivity contribution in [3.63, 3.8) is 0 Å². The normalized spacial score (nSPS) is 16.2. The lowest BCUT2D eigenvalue weighted by molar-refractivity contribution is -0.132. The maximum Gasteiger partial charge on any atom is 0.222 e. The number of carbonyl (C=O) groups is 1. The molecule has 2 heterocycles. The first-order valence-electron chi connectivity index (χ1n) is 7.27. The average Bonchev–Trinajstić information content (AvgIpc) is 2.82. The van der Waals surface area contributed by atoms with Crippen molar-refractivity contribution < 1.29 is 4.79 Å². The maximum absolute atomic E-state index is 12.2. The zero-order valence-electron chi connectivity index (χ0n) is 11.9. The molecular formula is C16H21N3O. The summed E-state index contributed by atoms with van der Waals surface area (Å²) in [5.41, 5.74) is 9.46. The highest BCUT2D eigenvalue weighted by Gasteiger charge is 2.23. The van der Waals surface area contributed by atoms with E-state index < -0.39 is 0 Å². The van der Waals surface area contributed by atoms with E-state index in [0.29, 0.717) is 6.42 Å². The first kappa shape index (κ1) is 13.2. The Kier molecular flexibility index (Phi) is 3.49. The predicted octanol–water partition coefficient (Wildman–Crippen LogP) is 2.18. The Labute approximate surface area is 118 Å². The molecule has 4 nitrogen and oxygen atoms in total. The van der Waals surface area contributed by atoms with Crippen LogP contribution in [-0.2, 0) is 17.8 Å². The van der Waals surface area contributed by atoms with Crippen molar-refractivity contribution in [1.29, 1.82) is 0 Å². The summed E-state index contributed by atoms with van der Waals surface area (Å²) in [5.74, 6) is 0.221. The average molecular weight is 271 g/mol. The largest absolute Gasteiger partial charge is 0.358 e. The second kappa shape index (κ2) is 5.29. The first-order chi connectivity index (χ1) is 9.65. The molecule has 1 aromatic carbocycles. The van der Waals surface area contributed by atoms with Crippen LogP contribution in [0.5, 0.6) is 0 Å². The highest BCUT2D eigenvalue weighted by atomic mass is 16.2. The van der Waals surface area contributed by atoms with Crippen molar-refractivity contribution in [2.24, 2.45) is 5.73 Å². The standard InChI is InChI=1S/C16H21N3O/c1-11(17)6-7-16(20)19-9-8-15-13(10-19)12-4-2-3-5-14(12)18-15/h2-5,11,18H,6-10,17H2,1H3. The number of fused-ring (bicyclic) bond motifs is 3. The van der Waals surface area contributed by atoms with Gasteiger partial charge >= 0.3 is 0 Å². The summed E-state index contributed by atoms with van der Waals surface area (Å²) in [6.45, 7) is 3.47. The molecule has 0 fully saturated rings. The van der Waals surface area contributed by atoms with E-state index in [9.17, 15) is 4.79 Å².